The van der Waals surface area contributed by atoms with Gasteiger partial charge in [-0.3, -0.25) is 0 Å². The van der Waals surface area contributed by atoms with E-state index in [0.29, 0.717) is 10.8 Å². The van der Waals surface area contributed by atoms with Crippen molar-refractivity contribution in [3.63, 3.8) is 0 Å². The van der Waals surface area contributed by atoms with Crippen LogP contribution >= 0.6 is 0 Å². The smallest absolute Gasteiger partial charge is 0.0000277 e. The van der Waals surface area contributed by atoms with E-state index in [-0.39, 0.29) is 0 Å². The Hall–Kier alpha value is -0.0800. The predicted molar refractivity (Wildman–Crippen MR) is 60.0 cm³/mol. The van der Waals surface area contributed by atoms with Crippen LogP contribution in [0.3, 0.4) is 0 Å². The highest BCUT2D eigenvalue weighted by atomic mass is 14.8. The van der Waals surface area contributed by atoms with Gasteiger partial charge in [0, 0.05) is 0 Å². The highest BCUT2D eigenvalue weighted by molar-refractivity contribution is 4.81. The van der Waals surface area contributed by atoms with Crippen molar-refractivity contribution in [1.82, 2.24) is 10.6 Å². The quantitative estimate of drug-likeness (QED) is 0.662. The van der Waals surface area contributed by atoms with Crippen LogP contribution in [-0.4, -0.2) is 27.2 Å². The molecule has 0 aliphatic rings. The van der Waals surface area contributed by atoms with Crippen molar-refractivity contribution in [2.45, 2.75) is 34.1 Å². The average Bonchev–Trinajstić information content (AvgIpc) is 1.82. The first-order valence-electron chi connectivity index (χ1n) is 5.12. The third-order valence-corrected chi connectivity index (χ3v) is 2.27. The lowest BCUT2D eigenvalue weighted by atomic mass is 9.75. The van der Waals surface area contributed by atoms with Gasteiger partial charge in [0.25, 0.3) is 0 Å². The van der Waals surface area contributed by atoms with Crippen LogP contribution in [0.4, 0.5) is 0 Å². The van der Waals surface area contributed by atoms with E-state index in [0.717, 1.165) is 13.1 Å². The van der Waals surface area contributed by atoms with Crippen LogP contribution in [0.2, 0.25) is 0 Å². The Kier molecular flexibility index (Phi) is 4.93. The van der Waals surface area contributed by atoms with Gasteiger partial charge in [-0.1, -0.05) is 27.7 Å². The minimum Gasteiger partial charge on any atom is -0.319 e. The molecule has 0 spiro atoms. The van der Waals surface area contributed by atoms with E-state index in [4.69, 9.17) is 0 Å². The lowest BCUT2D eigenvalue weighted by molar-refractivity contribution is 0.190. The van der Waals surface area contributed by atoms with E-state index >= 15 is 0 Å². The summed E-state index contributed by atoms with van der Waals surface area (Å²) >= 11 is 0. The molecule has 2 N–H and O–H groups in total. The van der Waals surface area contributed by atoms with E-state index in [9.17, 15) is 0 Å². The summed E-state index contributed by atoms with van der Waals surface area (Å²) in [6.07, 6.45) is 1.24. The van der Waals surface area contributed by atoms with Crippen LogP contribution in [-0.2, 0) is 0 Å². The van der Waals surface area contributed by atoms with E-state index in [1.54, 1.807) is 0 Å². The van der Waals surface area contributed by atoms with Gasteiger partial charge in [0.05, 0.1) is 0 Å². The molecule has 0 rings (SSSR count). The molecule has 0 atom stereocenters. The van der Waals surface area contributed by atoms with Crippen molar-refractivity contribution in [1.29, 1.82) is 0 Å². The Morgan fingerprint density at radius 3 is 1.31 bits per heavy atom. The summed E-state index contributed by atoms with van der Waals surface area (Å²) in [5, 5.41) is 6.50. The maximum absolute atomic E-state index is 3.25. The third kappa shape index (κ3) is 6.05. The zero-order valence-electron chi connectivity index (χ0n) is 10.1. The van der Waals surface area contributed by atoms with Crippen LogP contribution in [0.5, 0.6) is 0 Å². The molecule has 0 amide bonds. The van der Waals surface area contributed by atoms with Crippen LogP contribution in [0.1, 0.15) is 34.1 Å². The molecule has 0 saturated carbocycles. The van der Waals surface area contributed by atoms with Gasteiger partial charge in [0.15, 0.2) is 0 Å². The number of nitrogens with one attached hydrogen (secondary N) is 2. The SMILES string of the molecule is CNCC(C)(C)CC(C)(C)CNC. The zero-order valence-corrected chi connectivity index (χ0v) is 10.1. The van der Waals surface area contributed by atoms with Gasteiger partial charge in [-0.05, 0) is 44.4 Å². The molecular formula is C11H26N2. The first-order valence-corrected chi connectivity index (χ1v) is 5.12. The van der Waals surface area contributed by atoms with Crippen molar-refractivity contribution in [2.24, 2.45) is 10.8 Å². The maximum Gasteiger partial charge on any atom is -0.0000277 e. The predicted octanol–water partition coefficient (Wildman–Crippen LogP) is 1.87. The maximum atomic E-state index is 3.25. The highest BCUT2D eigenvalue weighted by Gasteiger charge is 2.27. The van der Waals surface area contributed by atoms with Crippen molar-refractivity contribution in [3.8, 4) is 0 Å². The largest absolute Gasteiger partial charge is 0.319 e. The Bertz CT molecular complexity index is 123. The standard InChI is InChI=1S/C11H26N2/c1-10(2,8-12-5)7-11(3,4)9-13-6/h12-13H,7-9H2,1-6H3. The first-order chi connectivity index (χ1) is 5.83. The van der Waals surface area contributed by atoms with Gasteiger partial charge in [-0.15, -0.1) is 0 Å². The van der Waals surface area contributed by atoms with Gasteiger partial charge in [0.1, 0.15) is 0 Å². The normalized spacial score (nSPS) is 13.4. The Morgan fingerprint density at radius 2 is 1.08 bits per heavy atom. The molecule has 80 valence electrons. The molecule has 0 saturated heterocycles. The summed E-state index contributed by atoms with van der Waals surface area (Å²) in [5.41, 5.74) is 0.768. The summed E-state index contributed by atoms with van der Waals surface area (Å²) in [6.45, 7) is 11.4. The molecular weight excluding hydrogens is 160 g/mol. The number of rotatable bonds is 6. The second-order valence-corrected chi connectivity index (χ2v) is 5.57. The molecule has 13 heavy (non-hydrogen) atoms. The molecule has 0 aromatic rings. The van der Waals surface area contributed by atoms with Gasteiger partial charge >= 0.3 is 0 Å². The van der Waals surface area contributed by atoms with Gasteiger partial charge < -0.3 is 10.6 Å². The Labute approximate surface area is 83.5 Å². The molecule has 0 bridgehead atoms. The lowest BCUT2D eigenvalue weighted by Crippen LogP contribution is -2.36. The highest BCUT2D eigenvalue weighted by Crippen LogP contribution is 2.32. The minimum atomic E-state index is 0.384. The second-order valence-electron chi connectivity index (χ2n) is 5.57. The van der Waals surface area contributed by atoms with E-state index < -0.39 is 0 Å². The average molecular weight is 186 g/mol. The fourth-order valence-electron chi connectivity index (χ4n) is 2.38. The molecule has 0 aliphatic carbocycles. The monoisotopic (exact) mass is 186 g/mol. The lowest BCUT2D eigenvalue weighted by Gasteiger charge is -2.34. The Morgan fingerprint density at radius 1 is 0.769 bits per heavy atom. The van der Waals surface area contributed by atoms with Gasteiger partial charge in [-0.25, -0.2) is 0 Å². The van der Waals surface area contributed by atoms with E-state index in [2.05, 4.69) is 38.3 Å². The molecule has 0 aromatic heterocycles. The van der Waals surface area contributed by atoms with Crippen molar-refractivity contribution < 1.29 is 0 Å². The molecule has 0 heterocycles. The molecule has 0 unspecified atom stereocenters. The van der Waals surface area contributed by atoms with Crippen molar-refractivity contribution >= 4 is 0 Å². The summed E-state index contributed by atoms with van der Waals surface area (Å²) in [6, 6.07) is 0. The van der Waals surface area contributed by atoms with Crippen molar-refractivity contribution in [3.05, 3.63) is 0 Å². The van der Waals surface area contributed by atoms with Gasteiger partial charge in [0.2, 0.25) is 0 Å². The summed E-state index contributed by atoms with van der Waals surface area (Å²) in [4.78, 5) is 0. The van der Waals surface area contributed by atoms with E-state index in [1.165, 1.54) is 6.42 Å². The number of hydrogen-bond donors (Lipinski definition) is 2. The molecule has 2 nitrogen and oxygen atoms in total. The molecule has 0 aliphatic heterocycles. The van der Waals surface area contributed by atoms with Gasteiger partial charge in [-0.2, -0.15) is 0 Å². The second kappa shape index (κ2) is 4.97. The molecule has 2 heteroatoms. The topological polar surface area (TPSA) is 24.1 Å². The summed E-state index contributed by atoms with van der Waals surface area (Å²) in [5.74, 6) is 0. The van der Waals surface area contributed by atoms with Crippen LogP contribution < -0.4 is 10.6 Å². The Balaban J connectivity index is 4.07. The molecule has 0 radical (unpaired) electrons. The first kappa shape index (κ1) is 12.9. The molecule has 0 aromatic carbocycles. The fourth-order valence-corrected chi connectivity index (χ4v) is 2.38. The van der Waals surface area contributed by atoms with Crippen LogP contribution in [0, 0.1) is 10.8 Å². The summed E-state index contributed by atoms with van der Waals surface area (Å²) in [7, 11) is 4.04. The number of hydrogen-bond acceptors (Lipinski definition) is 2. The summed E-state index contributed by atoms with van der Waals surface area (Å²) < 4.78 is 0. The van der Waals surface area contributed by atoms with Crippen LogP contribution in [0.15, 0.2) is 0 Å². The van der Waals surface area contributed by atoms with E-state index in [1.807, 2.05) is 14.1 Å². The molecule has 0 fully saturated rings. The zero-order chi connectivity index (χ0) is 10.5. The van der Waals surface area contributed by atoms with Crippen molar-refractivity contribution in [2.75, 3.05) is 27.2 Å². The third-order valence-electron chi connectivity index (χ3n) is 2.27. The fraction of sp³-hybridized carbons (Fsp3) is 1.00. The van der Waals surface area contributed by atoms with Crippen LogP contribution in [0.25, 0.3) is 0 Å². The minimum absolute atomic E-state index is 0.384.